The highest BCUT2D eigenvalue weighted by molar-refractivity contribution is 7.09. The Morgan fingerprint density at radius 3 is 2.86 bits per heavy atom. The molecule has 0 fully saturated rings. The highest BCUT2D eigenvalue weighted by Gasteiger charge is 2.17. The minimum Gasteiger partial charge on any atom is -0.468 e. The molecule has 2 rings (SSSR count). The third-order valence-corrected chi connectivity index (χ3v) is 3.87. The van der Waals surface area contributed by atoms with Gasteiger partial charge in [0.25, 0.3) is 0 Å². The molecule has 0 aliphatic rings. The summed E-state index contributed by atoms with van der Waals surface area (Å²) in [6, 6.07) is 3.55. The van der Waals surface area contributed by atoms with Gasteiger partial charge in [-0.3, -0.25) is 4.90 Å². The lowest BCUT2D eigenvalue weighted by Crippen LogP contribution is -2.40. The highest BCUT2D eigenvalue weighted by Crippen LogP contribution is 2.17. The van der Waals surface area contributed by atoms with E-state index in [1.54, 1.807) is 17.6 Å². The molecule has 2 aromatic rings. The van der Waals surface area contributed by atoms with Gasteiger partial charge in [-0.25, -0.2) is 9.78 Å². The van der Waals surface area contributed by atoms with Gasteiger partial charge in [-0.05, 0) is 33.2 Å². The minimum absolute atomic E-state index is 0.00673. The average molecular weight is 308 g/mol. The Labute approximate surface area is 128 Å². The molecule has 6 nitrogen and oxygen atoms in total. The lowest BCUT2D eigenvalue weighted by atomic mass is 10.2. The van der Waals surface area contributed by atoms with Crippen LogP contribution in [-0.4, -0.2) is 36.6 Å². The molecule has 0 aromatic carbocycles. The van der Waals surface area contributed by atoms with Crippen molar-refractivity contribution in [1.82, 2.24) is 20.5 Å². The largest absolute Gasteiger partial charge is 0.468 e. The first-order valence-electron chi connectivity index (χ1n) is 6.69. The number of nitrogens with zero attached hydrogens (tertiary/aromatic N) is 2. The first-order chi connectivity index (χ1) is 10.1. The lowest BCUT2D eigenvalue weighted by molar-refractivity contribution is 0.225. The Morgan fingerprint density at radius 2 is 2.29 bits per heavy atom. The summed E-state index contributed by atoms with van der Waals surface area (Å²) in [6.07, 6.45) is 1.64. The van der Waals surface area contributed by atoms with Gasteiger partial charge >= 0.3 is 6.03 Å². The predicted molar refractivity (Wildman–Crippen MR) is 82.2 cm³/mol. The second-order valence-electron chi connectivity index (χ2n) is 4.92. The predicted octanol–water partition coefficient (Wildman–Crippen LogP) is 2.15. The molecule has 114 valence electrons. The van der Waals surface area contributed by atoms with Crippen molar-refractivity contribution in [3.63, 3.8) is 0 Å². The molecule has 0 radical (unpaired) electrons. The molecule has 21 heavy (non-hydrogen) atoms. The third-order valence-electron chi connectivity index (χ3n) is 3.05. The van der Waals surface area contributed by atoms with Crippen LogP contribution in [0.5, 0.6) is 0 Å². The van der Waals surface area contributed by atoms with Crippen LogP contribution in [0.2, 0.25) is 0 Å². The van der Waals surface area contributed by atoms with E-state index < -0.39 is 0 Å². The summed E-state index contributed by atoms with van der Waals surface area (Å²) in [5, 5.41) is 8.59. The number of furan rings is 1. The maximum atomic E-state index is 11.8. The van der Waals surface area contributed by atoms with Crippen LogP contribution in [-0.2, 0) is 6.54 Å². The number of urea groups is 1. The van der Waals surface area contributed by atoms with E-state index in [1.165, 1.54) is 0 Å². The Hall–Kier alpha value is -1.86. The van der Waals surface area contributed by atoms with Crippen molar-refractivity contribution in [2.45, 2.75) is 19.5 Å². The Balaban J connectivity index is 1.79. The van der Waals surface area contributed by atoms with Crippen LogP contribution >= 0.6 is 11.3 Å². The number of aryl methyl sites for hydroxylation is 1. The fraction of sp³-hybridized carbons (Fsp3) is 0.429. The van der Waals surface area contributed by atoms with Gasteiger partial charge in [-0.1, -0.05) is 0 Å². The second-order valence-corrected chi connectivity index (χ2v) is 5.98. The molecule has 0 saturated carbocycles. The molecular formula is C14H20N4O2S. The van der Waals surface area contributed by atoms with Gasteiger partial charge in [0.15, 0.2) is 0 Å². The third kappa shape index (κ3) is 4.57. The number of carbonyl (C=O) groups is 1. The summed E-state index contributed by atoms with van der Waals surface area (Å²) in [4.78, 5) is 18.1. The molecule has 2 amide bonds. The zero-order valence-corrected chi connectivity index (χ0v) is 13.2. The number of hydrogen-bond donors (Lipinski definition) is 2. The topological polar surface area (TPSA) is 70.4 Å². The van der Waals surface area contributed by atoms with Crippen molar-refractivity contribution >= 4 is 17.4 Å². The van der Waals surface area contributed by atoms with Gasteiger partial charge in [0.2, 0.25) is 0 Å². The van der Waals surface area contributed by atoms with Crippen molar-refractivity contribution in [1.29, 1.82) is 0 Å². The van der Waals surface area contributed by atoms with Gasteiger partial charge < -0.3 is 15.1 Å². The SMILES string of the molecule is Cc1nc(CNC(=O)NC[C@@H](c2ccco2)N(C)C)cs1. The van der Waals surface area contributed by atoms with Crippen molar-refractivity contribution in [3.8, 4) is 0 Å². The molecule has 0 saturated heterocycles. The van der Waals surface area contributed by atoms with Crippen molar-refractivity contribution in [2.75, 3.05) is 20.6 Å². The fourth-order valence-electron chi connectivity index (χ4n) is 1.93. The van der Waals surface area contributed by atoms with E-state index in [-0.39, 0.29) is 12.1 Å². The molecular weight excluding hydrogens is 288 g/mol. The first-order valence-corrected chi connectivity index (χ1v) is 7.56. The van der Waals surface area contributed by atoms with E-state index >= 15 is 0 Å². The lowest BCUT2D eigenvalue weighted by Gasteiger charge is -2.22. The quantitative estimate of drug-likeness (QED) is 0.858. The van der Waals surface area contributed by atoms with E-state index in [1.807, 2.05) is 43.4 Å². The number of aromatic nitrogens is 1. The Morgan fingerprint density at radius 1 is 1.48 bits per heavy atom. The number of likely N-dealkylation sites (N-methyl/N-ethyl adjacent to an activating group) is 1. The van der Waals surface area contributed by atoms with Crippen LogP contribution in [0.4, 0.5) is 4.79 Å². The fourth-order valence-corrected chi connectivity index (χ4v) is 2.54. The average Bonchev–Trinajstić information content (AvgIpc) is 3.08. The molecule has 0 aliphatic carbocycles. The number of thiazole rings is 1. The first kappa shape index (κ1) is 15.5. The van der Waals surface area contributed by atoms with Crippen LogP contribution in [0.3, 0.4) is 0 Å². The number of nitrogens with one attached hydrogen (secondary N) is 2. The highest BCUT2D eigenvalue weighted by atomic mass is 32.1. The van der Waals surface area contributed by atoms with Gasteiger partial charge in [0.05, 0.1) is 29.6 Å². The monoisotopic (exact) mass is 308 g/mol. The Bertz CT molecular complexity index is 565. The number of carbonyl (C=O) groups excluding carboxylic acids is 1. The maximum absolute atomic E-state index is 11.8. The van der Waals surface area contributed by atoms with Gasteiger partial charge in [0, 0.05) is 11.9 Å². The molecule has 0 bridgehead atoms. The van der Waals surface area contributed by atoms with E-state index in [9.17, 15) is 4.79 Å². The van der Waals surface area contributed by atoms with E-state index in [2.05, 4.69) is 15.6 Å². The van der Waals surface area contributed by atoms with E-state index in [0.29, 0.717) is 13.1 Å². The standard InChI is InChI=1S/C14H20N4O2S/c1-10-17-11(9-21-10)7-15-14(19)16-8-12(18(2)3)13-5-4-6-20-13/h4-6,9,12H,7-8H2,1-3H3,(H2,15,16,19)/t12-/m0/s1. The maximum Gasteiger partial charge on any atom is 0.315 e. The van der Waals surface area contributed by atoms with Crippen LogP contribution in [0.1, 0.15) is 22.5 Å². The number of hydrogen-bond acceptors (Lipinski definition) is 5. The van der Waals surface area contributed by atoms with Gasteiger partial charge in [-0.15, -0.1) is 11.3 Å². The summed E-state index contributed by atoms with van der Waals surface area (Å²) in [6.45, 7) is 2.85. The molecule has 1 atom stereocenters. The van der Waals surface area contributed by atoms with Gasteiger partial charge in [0.1, 0.15) is 5.76 Å². The summed E-state index contributed by atoms with van der Waals surface area (Å²) in [5.41, 5.74) is 0.878. The molecule has 0 spiro atoms. The van der Waals surface area contributed by atoms with Gasteiger partial charge in [-0.2, -0.15) is 0 Å². The zero-order valence-electron chi connectivity index (χ0n) is 12.4. The zero-order chi connectivity index (χ0) is 15.2. The summed E-state index contributed by atoms with van der Waals surface area (Å²) in [5.74, 6) is 0.829. The van der Waals surface area contributed by atoms with E-state index in [4.69, 9.17) is 4.42 Å². The molecule has 2 heterocycles. The molecule has 2 N–H and O–H groups in total. The smallest absolute Gasteiger partial charge is 0.315 e. The van der Waals surface area contributed by atoms with Crippen molar-refractivity contribution in [2.24, 2.45) is 0 Å². The molecule has 2 aromatic heterocycles. The minimum atomic E-state index is -0.209. The van der Waals surface area contributed by atoms with Crippen LogP contribution in [0.25, 0.3) is 0 Å². The van der Waals surface area contributed by atoms with Crippen LogP contribution in [0, 0.1) is 6.92 Å². The van der Waals surface area contributed by atoms with E-state index in [0.717, 1.165) is 16.5 Å². The molecule has 7 heteroatoms. The number of rotatable bonds is 6. The summed E-state index contributed by atoms with van der Waals surface area (Å²) in [7, 11) is 3.90. The van der Waals surface area contributed by atoms with Crippen molar-refractivity contribution < 1.29 is 9.21 Å². The summed E-state index contributed by atoms with van der Waals surface area (Å²) >= 11 is 1.57. The Kier molecular flexibility index (Phi) is 5.35. The normalized spacial score (nSPS) is 12.4. The summed E-state index contributed by atoms with van der Waals surface area (Å²) < 4.78 is 5.40. The van der Waals surface area contributed by atoms with Crippen LogP contribution in [0.15, 0.2) is 28.2 Å². The number of amides is 2. The molecule has 0 aliphatic heterocycles. The molecule has 0 unspecified atom stereocenters. The van der Waals surface area contributed by atoms with Crippen LogP contribution < -0.4 is 10.6 Å². The second kappa shape index (κ2) is 7.24. The van der Waals surface area contributed by atoms with Crippen molar-refractivity contribution in [3.05, 3.63) is 40.2 Å².